The minimum atomic E-state index is 0.807. The van der Waals surface area contributed by atoms with E-state index in [4.69, 9.17) is 0 Å². The third-order valence-corrected chi connectivity index (χ3v) is 4.02. The van der Waals surface area contributed by atoms with Gasteiger partial charge in [-0.05, 0) is 45.7 Å². The van der Waals surface area contributed by atoms with Crippen LogP contribution in [0.15, 0.2) is 0 Å². The molecule has 2 aliphatic rings. The van der Waals surface area contributed by atoms with E-state index in [9.17, 15) is 0 Å². The molecule has 1 N–H and O–H groups in total. The van der Waals surface area contributed by atoms with Gasteiger partial charge in [0.1, 0.15) is 0 Å². The summed E-state index contributed by atoms with van der Waals surface area (Å²) in [5, 5.41) is 3.69. The quantitative estimate of drug-likeness (QED) is 0.743. The Kier molecular flexibility index (Phi) is 3.45. The lowest BCUT2D eigenvalue weighted by molar-refractivity contribution is 0.0487. The first-order valence-corrected chi connectivity index (χ1v) is 6.26. The Morgan fingerprint density at radius 1 is 1.21 bits per heavy atom. The number of hydrogen-bond donors (Lipinski definition) is 1. The molecule has 0 aromatic heterocycles. The smallest absolute Gasteiger partial charge is 0.0110 e. The second-order valence-electron chi connectivity index (χ2n) is 5.03. The van der Waals surface area contributed by atoms with Crippen LogP contribution in [0.1, 0.15) is 45.4 Å². The number of rotatable bonds is 3. The fourth-order valence-corrected chi connectivity index (χ4v) is 3.13. The van der Waals surface area contributed by atoms with Crippen molar-refractivity contribution in [2.45, 2.75) is 63.6 Å². The molecule has 82 valence electrons. The highest BCUT2D eigenvalue weighted by atomic mass is 15.2. The van der Waals surface area contributed by atoms with Gasteiger partial charge in [0, 0.05) is 18.1 Å². The number of nitrogens with zero attached hydrogens (tertiary/aromatic N) is 1. The number of nitrogens with one attached hydrogen (secondary N) is 1. The van der Waals surface area contributed by atoms with Crippen molar-refractivity contribution in [2.75, 3.05) is 13.6 Å². The summed E-state index contributed by atoms with van der Waals surface area (Å²) in [5.41, 5.74) is 0. The van der Waals surface area contributed by atoms with Crippen LogP contribution in [0.5, 0.6) is 0 Å². The first-order valence-electron chi connectivity index (χ1n) is 6.26. The minimum absolute atomic E-state index is 0.807. The summed E-state index contributed by atoms with van der Waals surface area (Å²) in [4.78, 5) is 2.63. The van der Waals surface area contributed by atoms with Gasteiger partial charge in [0.2, 0.25) is 0 Å². The van der Waals surface area contributed by atoms with Gasteiger partial charge in [0.05, 0.1) is 0 Å². The van der Waals surface area contributed by atoms with Crippen LogP contribution in [-0.4, -0.2) is 36.6 Å². The Hall–Kier alpha value is -0.0800. The molecular weight excluding hydrogens is 172 g/mol. The van der Waals surface area contributed by atoms with Crippen molar-refractivity contribution in [3.05, 3.63) is 0 Å². The van der Waals surface area contributed by atoms with Gasteiger partial charge in [-0.2, -0.15) is 0 Å². The number of fused-ring (bicyclic) bond motifs is 2. The van der Waals surface area contributed by atoms with Crippen LogP contribution >= 0.6 is 0 Å². The fourth-order valence-electron chi connectivity index (χ4n) is 3.13. The highest BCUT2D eigenvalue weighted by Crippen LogP contribution is 2.32. The van der Waals surface area contributed by atoms with Crippen molar-refractivity contribution in [2.24, 2.45) is 0 Å². The molecule has 2 rings (SSSR count). The standard InChI is InChI=1S/C12H24N2/c1-3-7-13-10-8-11-5-4-6-12(9-10)14(11)2/h10-13H,3-9H2,1-2H3. The van der Waals surface area contributed by atoms with Crippen molar-refractivity contribution in [1.82, 2.24) is 10.2 Å². The maximum absolute atomic E-state index is 3.69. The van der Waals surface area contributed by atoms with E-state index in [0.717, 1.165) is 18.1 Å². The SMILES string of the molecule is CCCNC1CC2CCCC(C1)N2C. The third-order valence-electron chi connectivity index (χ3n) is 4.02. The average Bonchev–Trinajstić information content (AvgIpc) is 2.15. The van der Waals surface area contributed by atoms with Crippen molar-refractivity contribution >= 4 is 0 Å². The molecule has 2 saturated heterocycles. The van der Waals surface area contributed by atoms with Gasteiger partial charge in [-0.25, -0.2) is 0 Å². The largest absolute Gasteiger partial charge is 0.314 e. The van der Waals surface area contributed by atoms with E-state index in [2.05, 4.69) is 24.2 Å². The molecule has 14 heavy (non-hydrogen) atoms. The van der Waals surface area contributed by atoms with Crippen LogP contribution in [0.25, 0.3) is 0 Å². The summed E-state index contributed by atoms with van der Waals surface area (Å²) < 4.78 is 0. The molecular formula is C12H24N2. The first-order chi connectivity index (χ1) is 6.81. The molecule has 0 saturated carbocycles. The molecule has 0 aromatic carbocycles. The maximum atomic E-state index is 3.69. The Labute approximate surface area is 88.1 Å². The summed E-state index contributed by atoms with van der Waals surface area (Å²) >= 11 is 0. The Morgan fingerprint density at radius 3 is 2.43 bits per heavy atom. The lowest BCUT2D eigenvalue weighted by Crippen LogP contribution is -2.54. The van der Waals surface area contributed by atoms with Crippen LogP contribution in [0.3, 0.4) is 0 Å². The van der Waals surface area contributed by atoms with Gasteiger partial charge in [0.25, 0.3) is 0 Å². The third kappa shape index (κ3) is 2.12. The zero-order valence-corrected chi connectivity index (χ0v) is 9.63. The predicted molar refractivity (Wildman–Crippen MR) is 60.5 cm³/mol. The Balaban J connectivity index is 1.87. The van der Waals surface area contributed by atoms with Crippen LogP contribution in [0, 0.1) is 0 Å². The van der Waals surface area contributed by atoms with Gasteiger partial charge >= 0.3 is 0 Å². The predicted octanol–water partition coefficient (Wildman–Crippen LogP) is 2.00. The Morgan fingerprint density at radius 2 is 1.86 bits per heavy atom. The lowest BCUT2D eigenvalue weighted by atomic mass is 9.82. The summed E-state index contributed by atoms with van der Waals surface area (Å²) in [6.45, 7) is 3.45. The van der Waals surface area contributed by atoms with Crippen LogP contribution in [0.4, 0.5) is 0 Å². The molecule has 2 heteroatoms. The van der Waals surface area contributed by atoms with E-state index >= 15 is 0 Å². The molecule has 2 nitrogen and oxygen atoms in total. The molecule has 0 aromatic rings. The monoisotopic (exact) mass is 196 g/mol. The van der Waals surface area contributed by atoms with Gasteiger partial charge in [-0.3, -0.25) is 0 Å². The molecule has 0 aliphatic carbocycles. The molecule has 2 unspecified atom stereocenters. The highest BCUT2D eigenvalue weighted by Gasteiger charge is 2.35. The molecule has 2 atom stereocenters. The Bertz CT molecular complexity index is 167. The maximum Gasteiger partial charge on any atom is 0.0110 e. The topological polar surface area (TPSA) is 15.3 Å². The molecule has 2 bridgehead atoms. The van der Waals surface area contributed by atoms with E-state index < -0.39 is 0 Å². The minimum Gasteiger partial charge on any atom is -0.314 e. The van der Waals surface area contributed by atoms with Crippen molar-refractivity contribution in [3.8, 4) is 0 Å². The highest BCUT2D eigenvalue weighted by molar-refractivity contribution is 4.93. The molecule has 0 spiro atoms. The first kappa shape index (κ1) is 10.4. The van der Waals surface area contributed by atoms with Crippen LogP contribution in [0.2, 0.25) is 0 Å². The number of hydrogen-bond acceptors (Lipinski definition) is 2. The van der Waals surface area contributed by atoms with E-state index in [1.54, 1.807) is 0 Å². The zero-order chi connectivity index (χ0) is 9.97. The summed E-state index contributed by atoms with van der Waals surface area (Å²) in [7, 11) is 2.32. The molecule has 0 radical (unpaired) electrons. The fraction of sp³-hybridized carbons (Fsp3) is 1.00. The molecule has 0 amide bonds. The number of piperidine rings is 2. The van der Waals surface area contributed by atoms with Crippen molar-refractivity contribution in [3.63, 3.8) is 0 Å². The average molecular weight is 196 g/mol. The van der Waals surface area contributed by atoms with Crippen molar-refractivity contribution < 1.29 is 0 Å². The van der Waals surface area contributed by atoms with Gasteiger partial charge in [-0.15, -0.1) is 0 Å². The van der Waals surface area contributed by atoms with Gasteiger partial charge in [-0.1, -0.05) is 13.3 Å². The van der Waals surface area contributed by atoms with Crippen molar-refractivity contribution in [1.29, 1.82) is 0 Å². The van der Waals surface area contributed by atoms with E-state index in [-0.39, 0.29) is 0 Å². The second-order valence-corrected chi connectivity index (χ2v) is 5.03. The summed E-state index contributed by atoms with van der Waals surface area (Å²) in [6.07, 6.45) is 8.34. The normalized spacial score (nSPS) is 38.6. The summed E-state index contributed by atoms with van der Waals surface area (Å²) in [6, 6.07) is 2.55. The molecule has 2 heterocycles. The second kappa shape index (κ2) is 4.63. The van der Waals surface area contributed by atoms with Gasteiger partial charge < -0.3 is 10.2 Å². The van der Waals surface area contributed by atoms with E-state index in [1.807, 2.05) is 0 Å². The van der Waals surface area contributed by atoms with E-state index in [0.29, 0.717) is 0 Å². The van der Waals surface area contributed by atoms with Gasteiger partial charge in [0.15, 0.2) is 0 Å². The van der Waals surface area contributed by atoms with Crippen LogP contribution < -0.4 is 5.32 Å². The molecule has 2 fully saturated rings. The lowest BCUT2D eigenvalue weighted by Gasteiger charge is -2.47. The molecule has 2 aliphatic heterocycles. The summed E-state index contributed by atoms with van der Waals surface area (Å²) in [5.74, 6) is 0. The van der Waals surface area contributed by atoms with Crippen LogP contribution in [-0.2, 0) is 0 Å². The van der Waals surface area contributed by atoms with E-state index in [1.165, 1.54) is 45.1 Å². The zero-order valence-electron chi connectivity index (χ0n) is 9.63.